The Balaban J connectivity index is 2.55. The fourth-order valence-corrected chi connectivity index (χ4v) is 2.22. The Bertz CT molecular complexity index is 644. The number of aliphatic hydroxyl groups is 1. The number of para-hydroxylation sites is 1. The first-order chi connectivity index (χ1) is 8.94. The molecule has 0 aliphatic rings. The molecule has 0 spiro atoms. The first-order valence-electron chi connectivity index (χ1n) is 6.42. The number of benzene rings is 1. The molecular formula is C15H20N2O2. The number of hydrogen-bond acceptors (Lipinski definition) is 3. The molecule has 0 aliphatic carbocycles. The Hall–Kier alpha value is -1.81. The van der Waals surface area contributed by atoms with Crippen LogP contribution in [0.25, 0.3) is 10.9 Å². The predicted octanol–water partition coefficient (Wildman–Crippen LogP) is 2.11. The summed E-state index contributed by atoms with van der Waals surface area (Å²) in [5, 5.41) is 13.5. The van der Waals surface area contributed by atoms with E-state index in [9.17, 15) is 4.79 Å². The molecule has 0 bridgehead atoms. The van der Waals surface area contributed by atoms with E-state index in [1.165, 1.54) is 0 Å². The second-order valence-corrected chi connectivity index (χ2v) is 5.45. The zero-order chi connectivity index (χ0) is 14.0. The number of rotatable bonds is 4. The number of hydrogen-bond donors (Lipinski definition) is 2. The van der Waals surface area contributed by atoms with Crippen LogP contribution >= 0.6 is 0 Å². The summed E-state index contributed by atoms with van der Waals surface area (Å²) < 4.78 is 1.64. The van der Waals surface area contributed by atoms with Crippen LogP contribution in [0, 0.1) is 0 Å². The van der Waals surface area contributed by atoms with E-state index < -0.39 is 0 Å². The molecule has 4 nitrogen and oxygen atoms in total. The van der Waals surface area contributed by atoms with Crippen molar-refractivity contribution in [2.24, 2.45) is 7.05 Å². The quantitative estimate of drug-likeness (QED) is 0.885. The van der Waals surface area contributed by atoms with E-state index in [1.54, 1.807) is 17.7 Å². The number of fused-ring (bicyclic) bond motifs is 1. The molecule has 102 valence electrons. The minimum absolute atomic E-state index is 0.0407. The number of pyridine rings is 1. The summed E-state index contributed by atoms with van der Waals surface area (Å²) >= 11 is 0. The third-order valence-corrected chi connectivity index (χ3v) is 3.36. The lowest BCUT2D eigenvalue weighted by Gasteiger charge is -2.27. The highest BCUT2D eigenvalue weighted by Crippen LogP contribution is 2.25. The van der Waals surface area contributed by atoms with Crippen molar-refractivity contribution in [2.45, 2.75) is 25.8 Å². The van der Waals surface area contributed by atoms with Gasteiger partial charge in [-0.3, -0.25) is 4.79 Å². The molecule has 0 unspecified atom stereocenters. The van der Waals surface area contributed by atoms with Crippen LogP contribution < -0.4 is 10.9 Å². The topological polar surface area (TPSA) is 54.3 Å². The molecule has 0 fully saturated rings. The summed E-state index contributed by atoms with van der Waals surface area (Å²) in [6.45, 7) is 4.13. The monoisotopic (exact) mass is 260 g/mol. The van der Waals surface area contributed by atoms with Gasteiger partial charge < -0.3 is 15.0 Å². The van der Waals surface area contributed by atoms with Crippen molar-refractivity contribution in [3.8, 4) is 0 Å². The Labute approximate surface area is 112 Å². The Kier molecular flexibility index (Phi) is 3.62. The molecule has 0 saturated heterocycles. The standard InChI is InChI=1S/C15H20N2O2/c1-15(2,8-9-18)16-12-10-14(19)17(3)13-7-5-4-6-11(12)13/h4-7,10,16,18H,8-9H2,1-3H3. The average molecular weight is 260 g/mol. The Morgan fingerprint density at radius 3 is 2.68 bits per heavy atom. The molecule has 2 aromatic rings. The summed E-state index contributed by atoms with van der Waals surface area (Å²) in [4.78, 5) is 12.0. The van der Waals surface area contributed by atoms with Crippen LogP contribution in [0.3, 0.4) is 0 Å². The van der Waals surface area contributed by atoms with Gasteiger partial charge in [0.2, 0.25) is 0 Å². The van der Waals surface area contributed by atoms with E-state index in [0.717, 1.165) is 16.6 Å². The number of aliphatic hydroxyl groups excluding tert-OH is 1. The van der Waals surface area contributed by atoms with Gasteiger partial charge in [0.15, 0.2) is 0 Å². The molecule has 19 heavy (non-hydrogen) atoms. The summed E-state index contributed by atoms with van der Waals surface area (Å²) in [5.41, 5.74) is 1.42. The van der Waals surface area contributed by atoms with Crippen LogP contribution in [0.1, 0.15) is 20.3 Å². The molecule has 1 aromatic carbocycles. The molecule has 2 N–H and O–H groups in total. The van der Waals surface area contributed by atoms with Gasteiger partial charge in [-0.15, -0.1) is 0 Å². The molecule has 0 aliphatic heterocycles. The maximum absolute atomic E-state index is 12.0. The molecule has 1 aromatic heterocycles. The summed E-state index contributed by atoms with van der Waals surface area (Å²) in [6, 6.07) is 9.41. The third kappa shape index (κ3) is 2.79. The maximum Gasteiger partial charge on any atom is 0.252 e. The van der Waals surface area contributed by atoms with Gasteiger partial charge >= 0.3 is 0 Å². The zero-order valence-corrected chi connectivity index (χ0v) is 11.6. The highest BCUT2D eigenvalue weighted by atomic mass is 16.3. The first-order valence-corrected chi connectivity index (χ1v) is 6.42. The van der Waals surface area contributed by atoms with E-state index in [-0.39, 0.29) is 17.7 Å². The van der Waals surface area contributed by atoms with Crippen LogP contribution in [-0.2, 0) is 7.05 Å². The van der Waals surface area contributed by atoms with E-state index in [0.29, 0.717) is 6.42 Å². The molecule has 0 amide bonds. The molecule has 0 atom stereocenters. The minimum atomic E-state index is -0.260. The van der Waals surface area contributed by atoms with Crippen LogP contribution in [-0.4, -0.2) is 21.8 Å². The number of nitrogens with one attached hydrogen (secondary N) is 1. The van der Waals surface area contributed by atoms with Crippen LogP contribution in [0.15, 0.2) is 35.1 Å². The second kappa shape index (κ2) is 5.05. The summed E-state index contributed by atoms with van der Waals surface area (Å²) in [5.74, 6) is 0. The fraction of sp³-hybridized carbons (Fsp3) is 0.400. The maximum atomic E-state index is 12.0. The van der Waals surface area contributed by atoms with Gasteiger partial charge in [0.05, 0.1) is 5.52 Å². The average Bonchev–Trinajstić information content (AvgIpc) is 2.35. The normalized spacial score (nSPS) is 11.8. The Morgan fingerprint density at radius 2 is 2.00 bits per heavy atom. The minimum Gasteiger partial charge on any atom is -0.396 e. The van der Waals surface area contributed by atoms with Gasteiger partial charge in [0.1, 0.15) is 0 Å². The molecule has 0 radical (unpaired) electrons. The van der Waals surface area contributed by atoms with Crippen molar-refractivity contribution >= 4 is 16.6 Å². The van der Waals surface area contributed by atoms with Crippen molar-refractivity contribution in [3.63, 3.8) is 0 Å². The smallest absolute Gasteiger partial charge is 0.252 e. The van der Waals surface area contributed by atoms with Gasteiger partial charge in [0.25, 0.3) is 5.56 Å². The van der Waals surface area contributed by atoms with Crippen LogP contribution in [0.5, 0.6) is 0 Å². The lowest BCUT2D eigenvalue weighted by atomic mass is 10.00. The van der Waals surface area contributed by atoms with Crippen molar-refractivity contribution in [2.75, 3.05) is 11.9 Å². The largest absolute Gasteiger partial charge is 0.396 e. The second-order valence-electron chi connectivity index (χ2n) is 5.45. The lowest BCUT2D eigenvalue weighted by molar-refractivity contribution is 0.261. The summed E-state index contributed by atoms with van der Waals surface area (Å²) in [6.07, 6.45) is 0.622. The molecule has 2 rings (SSSR count). The highest BCUT2D eigenvalue weighted by molar-refractivity contribution is 5.91. The molecule has 0 saturated carbocycles. The molecule has 1 heterocycles. The van der Waals surface area contributed by atoms with Crippen molar-refractivity contribution in [3.05, 3.63) is 40.7 Å². The number of anilines is 1. The van der Waals surface area contributed by atoms with Gasteiger partial charge in [0, 0.05) is 36.3 Å². The lowest BCUT2D eigenvalue weighted by Crippen LogP contribution is -2.33. The number of aromatic nitrogens is 1. The van der Waals surface area contributed by atoms with Crippen LogP contribution in [0.4, 0.5) is 5.69 Å². The van der Waals surface area contributed by atoms with Crippen molar-refractivity contribution in [1.82, 2.24) is 4.57 Å². The van der Waals surface area contributed by atoms with Gasteiger partial charge in [-0.2, -0.15) is 0 Å². The summed E-state index contributed by atoms with van der Waals surface area (Å²) in [7, 11) is 1.77. The van der Waals surface area contributed by atoms with Crippen molar-refractivity contribution in [1.29, 1.82) is 0 Å². The predicted molar refractivity (Wildman–Crippen MR) is 78.6 cm³/mol. The highest BCUT2D eigenvalue weighted by Gasteiger charge is 2.18. The fourth-order valence-electron chi connectivity index (χ4n) is 2.22. The van der Waals surface area contributed by atoms with E-state index in [2.05, 4.69) is 5.32 Å². The zero-order valence-electron chi connectivity index (χ0n) is 11.6. The first kappa shape index (κ1) is 13.6. The van der Waals surface area contributed by atoms with Gasteiger partial charge in [-0.1, -0.05) is 18.2 Å². The molecule has 4 heteroatoms. The van der Waals surface area contributed by atoms with E-state index >= 15 is 0 Å². The molecular weight excluding hydrogens is 240 g/mol. The Morgan fingerprint density at radius 1 is 1.32 bits per heavy atom. The van der Waals surface area contributed by atoms with E-state index in [4.69, 9.17) is 5.11 Å². The SMILES string of the molecule is Cn1c(=O)cc(NC(C)(C)CCO)c2ccccc21. The van der Waals surface area contributed by atoms with E-state index in [1.807, 2.05) is 38.1 Å². The number of nitrogens with zero attached hydrogens (tertiary/aromatic N) is 1. The van der Waals surface area contributed by atoms with Gasteiger partial charge in [-0.25, -0.2) is 0 Å². The van der Waals surface area contributed by atoms with Gasteiger partial charge in [-0.05, 0) is 26.3 Å². The third-order valence-electron chi connectivity index (χ3n) is 3.36. The van der Waals surface area contributed by atoms with Crippen LogP contribution in [0.2, 0.25) is 0 Å². The van der Waals surface area contributed by atoms with Crippen molar-refractivity contribution < 1.29 is 5.11 Å². The number of aryl methyl sites for hydroxylation is 1.